The molecule has 0 radical (unpaired) electrons. The van der Waals surface area contributed by atoms with Crippen molar-refractivity contribution >= 4 is 12.1 Å². The number of ether oxygens (including phenoxy) is 2. The molecule has 0 spiro atoms. The van der Waals surface area contributed by atoms with Gasteiger partial charge in [0.05, 0.1) is 0 Å². The van der Waals surface area contributed by atoms with E-state index in [1.165, 1.54) is 0 Å². The molecule has 1 aromatic rings. The lowest BCUT2D eigenvalue weighted by molar-refractivity contribution is -0.151. The Bertz CT molecular complexity index is 548. The Morgan fingerprint density at radius 3 is 2.62 bits per heavy atom. The maximum atomic E-state index is 12.5. The van der Waals surface area contributed by atoms with Gasteiger partial charge in [-0.25, -0.2) is 9.59 Å². The molecule has 1 N–H and O–H groups in total. The van der Waals surface area contributed by atoms with Crippen molar-refractivity contribution in [2.75, 3.05) is 0 Å². The van der Waals surface area contributed by atoms with E-state index >= 15 is 0 Å². The summed E-state index contributed by atoms with van der Waals surface area (Å²) >= 11 is 0. The normalized spacial score (nSPS) is 16.5. The number of alkyl carbamates (subject to hydrolysis) is 1. The van der Waals surface area contributed by atoms with Gasteiger partial charge in [-0.1, -0.05) is 6.07 Å². The van der Waals surface area contributed by atoms with Gasteiger partial charge in [-0.05, 0) is 58.1 Å². The molecular weight excluding hydrogens is 308 g/mol. The van der Waals surface area contributed by atoms with Crippen LogP contribution in [0.5, 0.6) is 0 Å². The number of hydrogen-bond donors (Lipinski definition) is 1. The Labute approximate surface area is 142 Å². The molecular formula is C18H26N2O4. The third-order valence-corrected chi connectivity index (χ3v) is 3.72. The first-order valence-electron chi connectivity index (χ1n) is 8.42. The lowest BCUT2D eigenvalue weighted by Gasteiger charge is -2.24. The molecule has 1 aliphatic carbocycles. The average molecular weight is 334 g/mol. The summed E-state index contributed by atoms with van der Waals surface area (Å²) in [6.07, 6.45) is 6.90. The first-order valence-corrected chi connectivity index (χ1v) is 8.42. The largest absolute Gasteiger partial charge is 0.461 e. The van der Waals surface area contributed by atoms with Crippen molar-refractivity contribution in [3.8, 4) is 0 Å². The Balaban J connectivity index is 2.02. The van der Waals surface area contributed by atoms with Gasteiger partial charge in [0.2, 0.25) is 0 Å². The summed E-state index contributed by atoms with van der Waals surface area (Å²) in [6, 6.07) is 2.87. The molecule has 6 heteroatoms. The van der Waals surface area contributed by atoms with Gasteiger partial charge >= 0.3 is 12.1 Å². The first kappa shape index (κ1) is 18.2. The number of nitrogens with one attached hydrogen (secondary N) is 1. The number of amides is 1. The van der Waals surface area contributed by atoms with Gasteiger partial charge in [-0.3, -0.25) is 4.98 Å². The molecule has 1 atom stereocenters. The monoisotopic (exact) mass is 334 g/mol. The predicted octanol–water partition coefficient (Wildman–Crippen LogP) is 3.00. The molecule has 0 bridgehead atoms. The second kappa shape index (κ2) is 8.13. The summed E-state index contributed by atoms with van der Waals surface area (Å²) in [6.45, 7) is 5.33. The van der Waals surface area contributed by atoms with Crippen LogP contribution in [0.2, 0.25) is 0 Å². The van der Waals surface area contributed by atoms with Crippen LogP contribution in [0.1, 0.15) is 52.0 Å². The topological polar surface area (TPSA) is 77.5 Å². The Morgan fingerprint density at radius 1 is 1.33 bits per heavy atom. The van der Waals surface area contributed by atoms with E-state index in [2.05, 4.69) is 10.3 Å². The van der Waals surface area contributed by atoms with Crippen molar-refractivity contribution in [1.82, 2.24) is 10.3 Å². The smallest absolute Gasteiger partial charge is 0.408 e. The zero-order valence-electron chi connectivity index (χ0n) is 14.6. The fourth-order valence-corrected chi connectivity index (χ4v) is 2.65. The third-order valence-electron chi connectivity index (χ3n) is 3.72. The number of pyridine rings is 1. The number of carbonyl (C=O) groups excluding carboxylic acids is 2. The van der Waals surface area contributed by atoms with Crippen LogP contribution < -0.4 is 5.32 Å². The fraction of sp³-hybridized carbons (Fsp3) is 0.611. The van der Waals surface area contributed by atoms with Gasteiger partial charge in [-0.2, -0.15) is 0 Å². The van der Waals surface area contributed by atoms with Crippen LogP contribution in [-0.2, 0) is 20.7 Å². The minimum absolute atomic E-state index is 0.0469. The molecule has 1 aromatic heterocycles. The molecule has 1 heterocycles. The highest BCUT2D eigenvalue weighted by molar-refractivity contribution is 5.82. The second-order valence-corrected chi connectivity index (χ2v) is 7.11. The minimum atomic E-state index is -0.787. The van der Waals surface area contributed by atoms with Gasteiger partial charge in [0.15, 0.2) is 0 Å². The van der Waals surface area contributed by atoms with E-state index in [1.54, 1.807) is 39.2 Å². The maximum Gasteiger partial charge on any atom is 0.408 e. The van der Waals surface area contributed by atoms with E-state index in [0.717, 1.165) is 31.2 Å². The Kier molecular flexibility index (Phi) is 6.17. The lowest BCUT2D eigenvalue weighted by Crippen LogP contribution is -2.46. The molecule has 1 saturated carbocycles. The zero-order valence-corrected chi connectivity index (χ0v) is 14.6. The number of carbonyl (C=O) groups is 2. The van der Waals surface area contributed by atoms with Crippen molar-refractivity contribution in [1.29, 1.82) is 0 Å². The van der Waals surface area contributed by atoms with Gasteiger partial charge in [0.25, 0.3) is 0 Å². The number of aromatic nitrogens is 1. The van der Waals surface area contributed by atoms with Crippen LogP contribution >= 0.6 is 0 Å². The highest BCUT2D eigenvalue weighted by atomic mass is 16.6. The number of esters is 1. The Hall–Kier alpha value is -2.11. The quantitative estimate of drug-likeness (QED) is 0.838. The first-order chi connectivity index (χ1) is 11.3. The molecule has 1 amide bonds. The van der Waals surface area contributed by atoms with Crippen molar-refractivity contribution in [3.05, 3.63) is 30.1 Å². The van der Waals surface area contributed by atoms with Gasteiger partial charge in [-0.15, -0.1) is 0 Å². The van der Waals surface area contributed by atoms with E-state index in [-0.39, 0.29) is 6.10 Å². The third kappa shape index (κ3) is 6.18. The maximum absolute atomic E-state index is 12.5. The van der Waals surface area contributed by atoms with Crippen LogP contribution in [-0.4, -0.2) is 34.8 Å². The molecule has 0 aliphatic heterocycles. The molecule has 1 unspecified atom stereocenters. The van der Waals surface area contributed by atoms with Crippen LogP contribution in [0.15, 0.2) is 24.5 Å². The van der Waals surface area contributed by atoms with E-state index in [9.17, 15) is 9.59 Å². The molecule has 24 heavy (non-hydrogen) atoms. The minimum Gasteiger partial charge on any atom is -0.461 e. The zero-order chi connectivity index (χ0) is 17.6. The fourth-order valence-electron chi connectivity index (χ4n) is 2.65. The van der Waals surface area contributed by atoms with Crippen LogP contribution in [0.4, 0.5) is 4.79 Å². The van der Waals surface area contributed by atoms with E-state index < -0.39 is 23.7 Å². The van der Waals surface area contributed by atoms with Crippen molar-refractivity contribution in [3.63, 3.8) is 0 Å². The Morgan fingerprint density at radius 2 is 2.04 bits per heavy atom. The van der Waals surface area contributed by atoms with Crippen molar-refractivity contribution in [2.24, 2.45) is 0 Å². The second-order valence-electron chi connectivity index (χ2n) is 7.11. The van der Waals surface area contributed by atoms with E-state index in [0.29, 0.717) is 6.42 Å². The van der Waals surface area contributed by atoms with Crippen LogP contribution in [0.3, 0.4) is 0 Å². The number of hydrogen-bond acceptors (Lipinski definition) is 5. The average Bonchev–Trinajstić information content (AvgIpc) is 2.98. The molecule has 6 nitrogen and oxygen atoms in total. The summed E-state index contributed by atoms with van der Waals surface area (Å²) < 4.78 is 10.8. The lowest BCUT2D eigenvalue weighted by atomic mass is 10.1. The van der Waals surface area contributed by atoms with Gasteiger partial charge in [0, 0.05) is 18.8 Å². The van der Waals surface area contributed by atoms with Crippen LogP contribution in [0, 0.1) is 0 Å². The van der Waals surface area contributed by atoms with Crippen molar-refractivity contribution in [2.45, 2.75) is 70.6 Å². The SMILES string of the molecule is CC(C)(C)OC(=O)NC(Cc1cccnc1)C(=O)OC1CCCC1. The molecule has 1 aliphatic rings. The van der Waals surface area contributed by atoms with Gasteiger partial charge in [0.1, 0.15) is 17.7 Å². The van der Waals surface area contributed by atoms with Gasteiger partial charge < -0.3 is 14.8 Å². The molecule has 2 rings (SSSR count). The standard InChI is InChI=1S/C18H26N2O4/c1-18(2,3)24-17(22)20-15(11-13-7-6-10-19-12-13)16(21)23-14-8-4-5-9-14/h6-7,10,12,14-15H,4-5,8-9,11H2,1-3H3,(H,20,22). The van der Waals surface area contributed by atoms with Crippen LogP contribution in [0.25, 0.3) is 0 Å². The van der Waals surface area contributed by atoms with E-state index in [4.69, 9.17) is 9.47 Å². The summed E-state index contributed by atoms with van der Waals surface area (Å²) in [5.74, 6) is -0.420. The summed E-state index contributed by atoms with van der Waals surface area (Å²) in [5.41, 5.74) is 0.222. The summed E-state index contributed by atoms with van der Waals surface area (Å²) in [5, 5.41) is 2.63. The summed E-state index contributed by atoms with van der Waals surface area (Å²) in [4.78, 5) is 28.6. The van der Waals surface area contributed by atoms with E-state index in [1.807, 2.05) is 6.07 Å². The predicted molar refractivity (Wildman–Crippen MR) is 89.4 cm³/mol. The summed E-state index contributed by atoms with van der Waals surface area (Å²) in [7, 11) is 0. The number of rotatable bonds is 5. The van der Waals surface area contributed by atoms with Crippen molar-refractivity contribution < 1.29 is 19.1 Å². The number of nitrogens with zero attached hydrogens (tertiary/aromatic N) is 1. The molecule has 1 fully saturated rings. The molecule has 132 valence electrons. The highest BCUT2D eigenvalue weighted by Gasteiger charge is 2.29. The highest BCUT2D eigenvalue weighted by Crippen LogP contribution is 2.21. The molecule has 0 aromatic carbocycles. The molecule has 0 saturated heterocycles.